The normalized spacial score (nSPS) is 14.3. The first-order valence-corrected chi connectivity index (χ1v) is 9.16. The average molecular weight is 369 g/mol. The highest BCUT2D eigenvalue weighted by Gasteiger charge is 2.26. The fourth-order valence-corrected chi connectivity index (χ4v) is 2.89. The predicted molar refractivity (Wildman–Crippen MR) is 103 cm³/mol. The number of nitrogens with zero attached hydrogens (tertiary/aromatic N) is 5. The van der Waals surface area contributed by atoms with Crippen molar-refractivity contribution in [1.82, 2.24) is 9.80 Å². The third-order valence-corrected chi connectivity index (χ3v) is 4.22. The molecular weight excluding hydrogens is 342 g/mol. The van der Waals surface area contributed by atoms with Crippen LogP contribution in [0.15, 0.2) is 24.3 Å². The summed E-state index contributed by atoms with van der Waals surface area (Å²) in [4.78, 5) is 17.7. The van der Waals surface area contributed by atoms with E-state index >= 15 is 0 Å². The minimum Gasteiger partial charge on any atom is -0.444 e. The van der Waals surface area contributed by atoms with Crippen molar-refractivity contribution in [2.75, 3.05) is 37.6 Å². The van der Waals surface area contributed by atoms with Crippen LogP contribution in [-0.2, 0) is 11.3 Å². The Balaban J connectivity index is 1.94. The van der Waals surface area contributed by atoms with Crippen molar-refractivity contribution >= 4 is 11.8 Å². The average Bonchev–Trinajstić information content (AvgIpc) is 2.64. The van der Waals surface area contributed by atoms with Crippen LogP contribution in [0.5, 0.6) is 0 Å². The first-order valence-electron chi connectivity index (χ1n) is 9.16. The van der Waals surface area contributed by atoms with Gasteiger partial charge in [-0.2, -0.15) is 10.5 Å². The van der Waals surface area contributed by atoms with Crippen molar-refractivity contribution < 1.29 is 9.53 Å². The summed E-state index contributed by atoms with van der Waals surface area (Å²) in [5.41, 5.74) is 1.62. The maximum Gasteiger partial charge on any atom is 0.410 e. The summed E-state index contributed by atoms with van der Waals surface area (Å²) in [7, 11) is 0. The molecule has 1 heterocycles. The zero-order chi connectivity index (χ0) is 19.9. The standard InChI is InChI=1S/C20H27N5O2/c1-20(2,3)27-19(26)25-12-10-24(11-13-25)18-7-4-6-17(14-18)15-23(16-22)9-5-8-21/h4,6-7,14H,5,9-13,15H2,1-3H3. The highest BCUT2D eigenvalue weighted by atomic mass is 16.6. The number of hydrogen-bond acceptors (Lipinski definition) is 6. The van der Waals surface area contributed by atoms with Gasteiger partial charge in [0.15, 0.2) is 6.19 Å². The summed E-state index contributed by atoms with van der Waals surface area (Å²) in [6.45, 7) is 9.24. The zero-order valence-electron chi connectivity index (χ0n) is 16.3. The molecule has 0 bridgehead atoms. The molecule has 1 aromatic rings. The monoisotopic (exact) mass is 369 g/mol. The van der Waals surface area contributed by atoms with E-state index in [4.69, 9.17) is 10.00 Å². The quantitative estimate of drug-likeness (QED) is 0.586. The fourth-order valence-electron chi connectivity index (χ4n) is 2.89. The van der Waals surface area contributed by atoms with Gasteiger partial charge in [0.25, 0.3) is 0 Å². The van der Waals surface area contributed by atoms with Crippen LogP contribution in [0.3, 0.4) is 0 Å². The lowest BCUT2D eigenvalue weighted by atomic mass is 10.1. The number of piperazine rings is 1. The minimum atomic E-state index is -0.485. The molecule has 1 aliphatic heterocycles. The van der Waals surface area contributed by atoms with Gasteiger partial charge in [-0.15, -0.1) is 0 Å². The summed E-state index contributed by atoms with van der Waals surface area (Å²) in [6, 6.07) is 10.1. The molecule has 1 fully saturated rings. The molecule has 1 amide bonds. The van der Waals surface area contributed by atoms with E-state index in [2.05, 4.69) is 23.2 Å². The van der Waals surface area contributed by atoms with Gasteiger partial charge in [-0.25, -0.2) is 4.79 Å². The zero-order valence-corrected chi connectivity index (χ0v) is 16.3. The Morgan fingerprint density at radius 1 is 1.22 bits per heavy atom. The lowest BCUT2D eigenvalue weighted by Crippen LogP contribution is -2.50. The molecule has 1 aromatic carbocycles. The third kappa shape index (κ3) is 6.38. The Morgan fingerprint density at radius 2 is 1.93 bits per heavy atom. The molecule has 0 radical (unpaired) electrons. The van der Waals surface area contributed by atoms with Crippen LogP contribution in [0.4, 0.5) is 10.5 Å². The molecule has 0 spiro atoms. The first-order chi connectivity index (χ1) is 12.8. The molecule has 144 valence electrons. The van der Waals surface area contributed by atoms with Gasteiger partial charge >= 0.3 is 6.09 Å². The maximum atomic E-state index is 12.2. The molecule has 0 aromatic heterocycles. The van der Waals surface area contributed by atoms with Crippen molar-refractivity contribution in [2.24, 2.45) is 0 Å². The van der Waals surface area contributed by atoms with E-state index in [-0.39, 0.29) is 6.09 Å². The number of rotatable bonds is 5. The van der Waals surface area contributed by atoms with Gasteiger partial charge in [-0.1, -0.05) is 12.1 Å². The van der Waals surface area contributed by atoms with Gasteiger partial charge < -0.3 is 19.4 Å². The lowest BCUT2D eigenvalue weighted by molar-refractivity contribution is 0.0240. The van der Waals surface area contributed by atoms with Gasteiger partial charge in [-0.3, -0.25) is 0 Å². The maximum absolute atomic E-state index is 12.2. The number of ether oxygens (including phenoxy) is 1. The van der Waals surface area contributed by atoms with Gasteiger partial charge in [-0.05, 0) is 38.5 Å². The van der Waals surface area contributed by atoms with Crippen LogP contribution in [-0.4, -0.2) is 54.2 Å². The molecule has 2 rings (SSSR count). The third-order valence-electron chi connectivity index (χ3n) is 4.22. The molecule has 7 heteroatoms. The molecular formula is C20H27N5O2. The van der Waals surface area contributed by atoms with Gasteiger partial charge in [0.2, 0.25) is 0 Å². The summed E-state index contributed by atoms with van der Waals surface area (Å²) in [5, 5.41) is 17.9. The van der Waals surface area contributed by atoms with Crippen LogP contribution in [0.2, 0.25) is 0 Å². The molecule has 0 atom stereocenters. The van der Waals surface area contributed by atoms with Crippen molar-refractivity contribution in [3.05, 3.63) is 29.8 Å². The van der Waals surface area contributed by atoms with E-state index in [0.717, 1.165) is 24.3 Å². The van der Waals surface area contributed by atoms with E-state index < -0.39 is 5.60 Å². The molecule has 1 saturated heterocycles. The van der Waals surface area contributed by atoms with Gasteiger partial charge in [0.05, 0.1) is 19.0 Å². The largest absolute Gasteiger partial charge is 0.444 e. The molecule has 0 unspecified atom stereocenters. The van der Waals surface area contributed by atoms with Crippen molar-refractivity contribution in [2.45, 2.75) is 39.3 Å². The summed E-state index contributed by atoms with van der Waals surface area (Å²) >= 11 is 0. The Morgan fingerprint density at radius 3 is 2.52 bits per heavy atom. The highest BCUT2D eigenvalue weighted by Crippen LogP contribution is 2.20. The second-order valence-electron chi connectivity index (χ2n) is 7.55. The molecule has 1 aliphatic rings. The van der Waals surface area contributed by atoms with Crippen molar-refractivity contribution in [3.8, 4) is 12.3 Å². The summed E-state index contributed by atoms with van der Waals surface area (Å²) in [5.74, 6) is 0. The molecule has 0 N–H and O–H groups in total. The Kier molecular flexibility index (Phi) is 6.90. The summed E-state index contributed by atoms with van der Waals surface area (Å²) in [6.07, 6.45) is 2.20. The van der Waals surface area contributed by atoms with Crippen LogP contribution < -0.4 is 4.90 Å². The van der Waals surface area contributed by atoms with Gasteiger partial charge in [0, 0.05) is 38.4 Å². The molecule has 27 heavy (non-hydrogen) atoms. The molecule has 0 saturated carbocycles. The Labute approximate surface area is 161 Å². The SMILES string of the molecule is CC(C)(C)OC(=O)N1CCN(c2cccc(CN(C#N)CCC#N)c2)CC1. The summed E-state index contributed by atoms with van der Waals surface area (Å²) < 4.78 is 5.43. The van der Waals surface area contributed by atoms with E-state index in [0.29, 0.717) is 32.6 Å². The highest BCUT2D eigenvalue weighted by molar-refractivity contribution is 5.68. The van der Waals surface area contributed by atoms with Crippen LogP contribution in [0.1, 0.15) is 32.8 Å². The topological polar surface area (TPSA) is 83.6 Å². The van der Waals surface area contributed by atoms with E-state index in [9.17, 15) is 10.1 Å². The Hall–Kier alpha value is -2.93. The second-order valence-corrected chi connectivity index (χ2v) is 7.55. The Bertz CT molecular complexity index is 721. The van der Waals surface area contributed by atoms with Gasteiger partial charge in [0.1, 0.15) is 5.60 Å². The first kappa shape index (κ1) is 20.4. The number of amides is 1. The predicted octanol–water partition coefficient (Wildman–Crippen LogP) is 2.94. The van der Waals surface area contributed by atoms with Crippen LogP contribution in [0.25, 0.3) is 0 Å². The lowest BCUT2D eigenvalue weighted by Gasteiger charge is -2.37. The van der Waals surface area contributed by atoms with Crippen molar-refractivity contribution in [3.63, 3.8) is 0 Å². The van der Waals surface area contributed by atoms with E-state index in [1.54, 1.807) is 9.80 Å². The smallest absolute Gasteiger partial charge is 0.410 e. The molecule has 7 nitrogen and oxygen atoms in total. The fraction of sp³-hybridized carbons (Fsp3) is 0.550. The van der Waals surface area contributed by atoms with Crippen LogP contribution >= 0.6 is 0 Å². The number of carbonyl (C=O) groups excluding carboxylic acids is 1. The number of hydrogen-bond donors (Lipinski definition) is 0. The minimum absolute atomic E-state index is 0.266. The number of benzene rings is 1. The molecule has 0 aliphatic carbocycles. The van der Waals surface area contributed by atoms with Crippen LogP contribution in [0, 0.1) is 22.8 Å². The van der Waals surface area contributed by atoms with E-state index in [1.807, 2.05) is 39.0 Å². The van der Waals surface area contributed by atoms with E-state index in [1.165, 1.54) is 0 Å². The number of anilines is 1. The number of nitriles is 2. The number of carbonyl (C=O) groups is 1. The van der Waals surface area contributed by atoms with Crippen molar-refractivity contribution in [1.29, 1.82) is 10.5 Å². The second kappa shape index (κ2) is 9.14.